The monoisotopic (exact) mass is 309 g/mol. The smallest absolute Gasteiger partial charge is 0.416 e. The normalized spacial score (nSPS) is 11.3. The van der Waals surface area contributed by atoms with E-state index in [0.717, 1.165) is 23.3 Å². The summed E-state index contributed by atoms with van der Waals surface area (Å²) in [7, 11) is 0. The summed E-state index contributed by atoms with van der Waals surface area (Å²) in [5.74, 6) is -0.374. The van der Waals surface area contributed by atoms with Crippen LogP contribution in [0.25, 0.3) is 0 Å². The molecule has 0 N–H and O–H groups in total. The number of nitrogens with zero attached hydrogens (tertiary/aromatic N) is 1. The maximum atomic E-state index is 12.5. The maximum Gasteiger partial charge on any atom is 0.416 e. The number of alkyl halides is 3. The van der Waals surface area contributed by atoms with Crippen molar-refractivity contribution in [3.05, 3.63) is 65.0 Å². The Bertz CT molecular complexity index is 651. The number of ether oxygens (including phenoxy) is 1. The zero-order valence-corrected chi connectivity index (χ0v) is 11.9. The number of halogens is 3. The Balaban J connectivity index is 2.07. The highest BCUT2D eigenvalue weighted by Crippen LogP contribution is 2.29. The largest absolute Gasteiger partial charge is 0.461 e. The second kappa shape index (κ2) is 6.60. The molecule has 116 valence electrons. The molecule has 0 fully saturated rings. The van der Waals surface area contributed by atoms with Crippen molar-refractivity contribution in [2.45, 2.75) is 26.1 Å². The minimum absolute atomic E-state index is 0.151. The average molecular weight is 309 g/mol. The van der Waals surface area contributed by atoms with Gasteiger partial charge in [-0.2, -0.15) is 13.2 Å². The van der Waals surface area contributed by atoms with Gasteiger partial charge in [0.2, 0.25) is 0 Å². The van der Waals surface area contributed by atoms with E-state index in [-0.39, 0.29) is 12.6 Å². The number of carbonyl (C=O) groups is 1. The van der Waals surface area contributed by atoms with Crippen molar-refractivity contribution in [1.82, 2.24) is 4.98 Å². The molecule has 0 aliphatic heterocycles. The van der Waals surface area contributed by atoms with Gasteiger partial charge in [0.1, 0.15) is 6.61 Å². The van der Waals surface area contributed by atoms with Gasteiger partial charge >= 0.3 is 12.1 Å². The van der Waals surface area contributed by atoms with Crippen LogP contribution in [0.1, 0.15) is 29.3 Å². The van der Waals surface area contributed by atoms with E-state index in [2.05, 4.69) is 4.98 Å². The molecule has 0 spiro atoms. The van der Waals surface area contributed by atoms with E-state index in [0.29, 0.717) is 12.1 Å². The number of carbonyl (C=O) groups excluding carboxylic acids is 1. The molecule has 2 rings (SSSR count). The van der Waals surface area contributed by atoms with Crippen LogP contribution in [0.2, 0.25) is 0 Å². The zero-order valence-electron chi connectivity index (χ0n) is 11.9. The molecular weight excluding hydrogens is 295 g/mol. The van der Waals surface area contributed by atoms with Crippen molar-refractivity contribution in [1.29, 1.82) is 0 Å². The Labute approximate surface area is 125 Å². The molecule has 0 atom stereocenters. The molecular formula is C16H14F3NO2. The van der Waals surface area contributed by atoms with Crippen LogP contribution >= 0.6 is 0 Å². The molecule has 0 radical (unpaired) electrons. The lowest BCUT2D eigenvalue weighted by Gasteiger charge is -2.08. The van der Waals surface area contributed by atoms with Gasteiger partial charge in [-0.25, -0.2) is 0 Å². The summed E-state index contributed by atoms with van der Waals surface area (Å²) in [4.78, 5) is 14.9. The number of hydrogen-bond donors (Lipinski definition) is 0. The first-order valence-electron chi connectivity index (χ1n) is 6.58. The Kier molecular flexibility index (Phi) is 4.80. The van der Waals surface area contributed by atoms with Crippen molar-refractivity contribution >= 4 is 5.97 Å². The maximum absolute atomic E-state index is 12.5. The van der Waals surface area contributed by atoms with Crippen molar-refractivity contribution in [3.63, 3.8) is 0 Å². The minimum Gasteiger partial charge on any atom is -0.461 e. The molecule has 0 amide bonds. The number of rotatable bonds is 4. The number of aromatic nitrogens is 1. The second-order valence-electron chi connectivity index (χ2n) is 4.81. The first-order chi connectivity index (χ1) is 10.3. The first kappa shape index (κ1) is 16.0. The third-order valence-electron chi connectivity index (χ3n) is 2.99. The van der Waals surface area contributed by atoms with E-state index in [1.165, 1.54) is 19.1 Å². The Morgan fingerprint density at radius 1 is 1.14 bits per heavy atom. The topological polar surface area (TPSA) is 39.2 Å². The van der Waals surface area contributed by atoms with Crippen LogP contribution < -0.4 is 0 Å². The fourth-order valence-electron chi connectivity index (χ4n) is 1.92. The lowest BCUT2D eigenvalue weighted by atomic mass is 10.1. The van der Waals surface area contributed by atoms with Gasteiger partial charge in [0.25, 0.3) is 0 Å². The summed E-state index contributed by atoms with van der Waals surface area (Å²) in [5.41, 5.74) is 1.54. The van der Waals surface area contributed by atoms with Crippen molar-refractivity contribution in [3.8, 4) is 0 Å². The third kappa shape index (κ3) is 4.58. The molecule has 0 saturated carbocycles. The summed E-state index contributed by atoms with van der Waals surface area (Å²) in [6, 6.07) is 8.46. The standard InChI is InChI=1S/C16H14F3NO2/c1-11(21)22-10-13-6-7-20-15(9-13)8-12-2-4-14(5-3-12)16(17,18)19/h2-7,9H,8,10H2,1H3. The Morgan fingerprint density at radius 3 is 2.41 bits per heavy atom. The summed E-state index contributed by atoms with van der Waals surface area (Å²) in [6.45, 7) is 1.47. The van der Waals surface area contributed by atoms with Crippen LogP contribution in [0.3, 0.4) is 0 Å². The van der Waals surface area contributed by atoms with E-state index >= 15 is 0 Å². The van der Waals surface area contributed by atoms with Crippen LogP contribution in [0.15, 0.2) is 42.6 Å². The lowest BCUT2D eigenvalue weighted by Crippen LogP contribution is -2.04. The molecule has 0 aliphatic carbocycles. The molecule has 2 aromatic rings. The van der Waals surface area contributed by atoms with Gasteiger partial charge in [0.05, 0.1) is 5.56 Å². The van der Waals surface area contributed by atoms with E-state index in [1.54, 1.807) is 18.3 Å². The molecule has 1 heterocycles. The van der Waals surface area contributed by atoms with Gasteiger partial charge in [-0.1, -0.05) is 12.1 Å². The lowest BCUT2D eigenvalue weighted by molar-refractivity contribution is -0.142. The van der Waals surface area contributed by atoms with Crippen LogP contribution in [0.5, 0.6) is 0 Å². The molecule has 0 saturated heterocycles. The SMILES string of the molecule is CC(=O)OCc1ccnc(Cc2ccc(C(F)(F)F)cc2)c1. The fourth-order valence-corrected chi connectivity index (χ4v) is 1.92. The second-order valence-corrected chi connectivity index (χ2v) is 4.81. The number of hydrogen-bond acceptors (Lipinski definition) is 3. The van der Waals surface area contributed by atoms with Crippen LogP contribution in [-0.2, 0) is 28.7 Å². The van der Waals surface area contributed by atoms with Gasteiger partial charge in [-0.3, -0.25) is 9.78 Å². The average Bonchev–Trinajstić information content (AvgIpc) is 2.45. The molecule has 0 aliphatic rings. The number of benzene rings is 1. The Morgan fingerprint density at radius 2 is 1.82 bits per heavy atom. The van der Waals surface area contributed by atoms with Gasteiger partial charge in [0.15, 0.2) is 0 Å². The highest BCUT2D eigenvalue weighted by Gasteiger charge is 2.29. The highest BCUT2D eigenvalue weighted by molar-refractivity contribution is 5.65. The summed E-state index contributed by atoms with van der Waals surface area (Å²) in [5, 5.41) is 0. The van der Waals surface area contributed by atoms with E-state index in [1.807, 2.05) is 0 Å². The van der Waals surface area contributed by atoms with Crippen LogP contribution in [-0.4, -0.2) is 11.0 Å². The molecule has 0 unspecified atom stereocenters. The predicted molar refractivity (Wildman–Crippen MR) is 74.0 cm³/mol. The molecule has 1 aromatic carbocycles. The fraction of sp³-hybridized carbons (Fsp3) is 0.250. The molecule has 3 nitrogen and oxygen atoms in total. The number of esters is 1. The van der Waals surface area contributed by atoms with Gasteiger partial charge in [-0.15, -0.1) is 0 Å². The van der Waals surface area contributed by atoms with Crippen LogP contribution in [0, 0.1) is 0 Å². The highest BCUT2D eigenvalue weighted by atomic mass is 19.4. The Hall–Kier alpha value is -2.37. The van der Waals surface area contributed by atoms with Gasteiger partial charge < -0.3 is 4.74 Å². The van der Waals surface area contributed by atoms with Gasteiger partial charge in [0, 0.05) is 25.2 Å². The third-order valence-corrected chi connectivity index (χ3v) is 2.99. The molecule has 1 aromatic heterocycles. The molecule has 0 bridgehead atoms. The summed E-state index contributed by atoms with van der Waals surface area (Å²) in [6.07, 6.45) is -2.34. The molecule has 6 heteroatoms. The minimum atomic E-state index is -4.33. The quantitative estimate of drug-likeness (QED) is 0.807. The van der Waals surface area contributed by atoms with Crippen LogP contribution in [0.4, 0.5) is 13.2 Å². The molecule has 22 heavy (non-hydrogen) atoms. The number of pyridine rings is 1. The predicted octanol–water partition coefficient (Wildman–Crippen LogP) is 3.75. The van der Waals surface area contributed by atoms with Crippen molar-refractivity contribution in [2.75, 3.05) is 0 Å². The summed E-state index contributed by atoms with van der Waals surface area (Å²) >= 11 is 0. The van der Waals surface area contributed by atoms with E-state index in [4.69, 9.17) is 4.74 Å². The first-order valence-corrected chi connectivity index (χ1v) is 6.58. The zero-order chi connectivity index (χ0) is 16.2. The van der Waals surface area contributed by atoms with E-state index < -0.39 is 11.7 Å². The van der Waals surface area contributed by atoms with E-state index in [9.17, 15) is 18.0 Å². The van der Waals surface area contributed by atoms with Crippen molar-refractivity contribution < 1.29 is 22.7 Å². The van der Waals surface area contributed by atoms with Crippen molar-refractivity contribution in [2.24, 2.45) is 0 Å². The van der Waals surface area contributed by atoms with Gasteiger partial charge in [-0.05, 0) is 35.4 Å². The summed E-state index contributed by atoms with van der Waals surface area (Å²) < 4.78 is 42.4.